The van der Waals surface area contributed by atoms with E-state index in [4.69, 9.17) is 4.74 Å². The molecule has 1 saturated carbocycles. The summed E-state index contributed by atoms with van der Waals surface area (Å²) in [6, 6.07) is 13.4. The number of likely N-dealkylation sites (tertiary alicyclic amines) is 1. The fraction of sp³-hybridized carbons (Fsp3) is 0.478. The molecule has 0 radical (unpaired) electrons. The van der Waals surface area contributed by atoms with E-state index in [9.17, 15) is 9.90 Å². The number of aromatic nitrogens is 1. The van der Waals surface area contributed by atoms with Crippen molar-refractivity contribution in [3.8, 4) is 5.75 Å². The number of benzene rings is 1. The molecule has 2 N–H and O–H groups in total. The molecule has 2 fully saturated rings. The average Bonchev–Trinajstić information content (AvgIpc) is 2.70. The fourth-order valence-electron chi connectivity index (χ4n) is 4.13. The van der Waals surface area contributed by atoms with E-state index in [1.54, 1.807) is 6.20 Å². The van der Waals surface area contributed by atoms with Crippen LogP contribution in [-0.4, -0.2) is 39.7 Å². The molecule has 1 saturated heterocycles. The van der Waals surface area contributed by atoms with Crippen molar-refractivity contribution in [2.45, 2.75) is 50.9 Å². The molecule has 4 rings (SSSR count). The summed E-state index contributed by atoms with van der Waals surface area (Å²) in [5.41, 5.74) is 1.30. The van der Waals surface area contributed by atoms with E-state index in [1.165, 1.54) is 6.42 Å². The van der Waals surface area contributed by atoms with Crippen LogP contribution in [0.25, 0.3) is 0 Å². The summed E-state index contributed by atoms with van der Waals surface area (Å²) in [5.74, 6) is 1.19. The van der Waals surface area contributed by atoms with E-state index >= 15 is 0 Å². The molecule has 1 aromatic carbocycles. The average molecular weight is 396 g/mol. The number of nitrogens with one attached hydrogen (secondary N) is 1. The molecule has 6 nitrogen and oxygen atoms in total. The van der Waals surface area contributed by atoms with Crippen molar-refractivity contribution in [1.82, 2.24) is 15.2 Å². The molecule has 1 aliphatic heterocycles. The number of rotatable bonds is 6. The fourth-order valence-corrected chi connectivity index (χ4v) is 4.13. The minimum absolute atomic E-state index is 0.0690. The minimum atomic E-state index is -0.561. The SMILES string of the molecule is O=C(NCc1cccc(OCc2ccccn2)c1)N1CCC(O)(C2CCC2)CC1. The first-order valence-electron chi connectivity index (χ1n) is 10.5. The van der Waals surface area contributed by atoms with Gasteiger partial charge in [0.05, 0.1) is 11.3 Å². The van der Waals surface area contributed by atoms with Crippen LogP contribution in [0.4, 0.5) is 4.79 Å². The molecule has 6 heteroatoms. The van der Waals surface area contributed by atoms with Gasteiger partial charge in [-0.25, -0.2) is 4.79 Å². The van der Waals surface area contributed by atoms with Gasteiger partial charge in [-0.1, -0.05) is 24.6 Å². The number of carbonyl (C=O) groups is 1. The van der Waals surface area contributed by atoms with Gasteiger partial charge >= 0.3 is 6.03 Å². The minimum Gasteiger partial charge on any atom is -0.487 e. The van der Waals surface area contributed by atoms with Crippen LogP contribution in [-0.2, 0) is 13.2 Å². The highest BCUT2D eigenvalue weighted by Crippen LogP contribution is 2.41. The molecule has 2 heterocycles. The Labute approximate surface area is 171 Å². The van der Waals surface area contributed by atoms with Gasteiger partial charge in [-0.3, -0.25) is 4.98 Å². The van der Waals surface area contributed by atoms with Crippen LogP contribution < -0.4 is 10.1 Å². The number of hydrogen-bond donors (Lipinski definition) is 2. The first kappa shape index (κ1) is 19.7. The lowest BCUT2D eigenvalue weighted by atomic mass is 9.69. The van der Waals surface area contributed by atoms with Gasteiger partial charge < -0.3 is 20.1 Å². The Morgan fingerprint density at radius 1 is 1.21 bits per heavy atom. The van der Waals surface area contributed by atoms with Gasteiger partial charge in [-0.2, -0.15) is 0 Å². The van der Waals surface area contributed by atoms with Gasteiger partial charge in [-0.15, -0.1) is 0 Å². The Kier molecular flexibility index (Phi) is 6.00. The monoisotopic (exact) mass is 395 g/mol. The number of hydrogen-bond acceptors (Lipinski definition) is 4. The predicted octanol–water partition coefficient (Wildman–Crippen LogP) is 3.50. The molecule has 2 aromatic rings. The maximum atomic E-state index is 12.5. The second-order valence-electron chi connectivity index (χ2n) is 8.13. The Morgan fingerprint density at radius 3 is 2.72 bits per heavy atom. The van der Waals surface area contributed by atoms with Gasteiger partial charge in [0.2, 0.25) is 0 Å². The van der Waals surface area contributed by atoms with Crippen molar-refractivity contribution in [1.29, 1.82) is 0 Å². The Bertz CT molecular complexity index is 815. The number of pyridine rings is 1. The first-order valence-corrected chi connectivity index (χ1v) is 10.5. The predicted molar refractivity (Wildman–Crippen MR) is 110 cm³/mol. The molecule has 2 amide bonds. The van der Waals surface area contributed by atoms with Crippen molar-refractivity contribution < 1.29 is 14.6 Å². The zero-order valence-electron chi connectivity index (χ0n) is 16.7. The lowest BCUT2D eigenvalue weighted by Gasteiger charge is -2.46. The molecular weight excluding hydrogens is 366 g/mol. The third kappa shape index (κ3) is 4.88. The Morgan fingerprint density at radius 2 is 2.03 bits per heavy atom. The van der Waals surface area contributed by atoms with Gasteiger partial charge in [-0.05, 0) is 61.4 Å². The zero-order chi connectivity index (χ0) is 20.1. The molecule has 154 valence electrons. The van der Waals surface area contributed by atoms with Crippen LogP contribution >= 0.6 is 0 Å². The molecule has 29 heavy (non-hydrogen) atoms. The third-order valence-electron chi connectivity index (χ3n) is 6.24. The molecule has 0 unspecified atom stereocenters. The van der Waals surface area contributed by atoms with Crippen molar-refractivity contribution in [2.75, 3.05) is 13.1 Å². The largest absolute Gasteiger partial charge is 0.487 e. The number of amides is 2. The molecule has 1 aromatic heterocycles. The van der Waals surface area contributed by atoms with Crippen LogP contribution in [0.1, 0.15) is 43.4 Å². The van der Waals surface area contributed by atoms with E-state index in [0.717, 1.165) is 29.8 Å². The molecule has 2 aliphatic rings. The van der Waals surface area contributed by atoms with Gasteiger partial charge in [0, 0.05) is 25.8 Å². The number of ether oxygens (including phenoxy) is 1. The standard InChI is InChI=1S/C23H29N3O3/c27-22(26-13-10-23(28,11-14-26)19-6-4-7-19)25-16-18-5-3-9-21(15-18)29-17-20-8-1-2-12-24-20/h1-3,5,8-9,12,15,19,28H,4,6-7,10-11,13-14,16-17H2,(H,25,27). The van der Waals surface area contributed by atoms with Crippen LogP contribution in [0.5, 0.6) is 5.75 Å². The smallest absolute Gasteiger partial charge is 0.317 e. The van der Waals surface area contributed by atoms with Gasteiger partial charge in [0.1, 0.15) is 12.4 Å². The molecular formula is C23H29N3O3. The highest BCUT2D eigenvalue weighted by Gasteiger charge is 2.42. The zero-order valence-corrected chi connectivity index (χ0v) is 16.7. The summed E-state index contributed by atoms with van der Waals surface area (Å²) in [5, 5.41) is 13.8. The highest BCUT2D eigenvalue weighted by molar-refractivity contribution is 5.74. The second kappa shape index (κ2) is 8.82. The lowest BCUT2D eigenvalue weighted by molar-refractivity contribution is -0.0850. The summed E-state index contributed by atoms with van der Waals surface area (Å²) in [4.78, 5) is 18.6. The summed E-state index contributed by atoms with van der Waals surface area (Å²) in [7, 11) is 0. The molecule has 0 atom stereocenters. The van der Waals surface area contributed by atoms with E-state index in [2.05, 4.69) is 10.3 Å². The van der Waals surface area contributed by atoms with E-state index in [-0.39, 0.29) is 6.03 Å². The Balaban J connectivity index is 1.24. The third-order valence-corrected chi connectivity index (χ3v) is 6.24. The topological polar surface area (TPSA) is 74.7 Å². The second-order valence-corrected chi connectivity index (χ2v) is 8.13. The first-order chi connectivity index (χ1) is 14.1. The van der Waals surface area contributed by atoms with Crippen LogP contribution in [0, 0.1) is 5.92 Å². The van der Waals surface area contributed by atoms with E-state index in [0.29, 0.717) is 45.0 Å². The molecule has 1 aliphatic carbocycles. The van der Waals surface area contributed by atoms with Crippen LogP contribution in [0.2, 0.25) is 0 Å². The van der Waals surface area contributed by atoms with Crippen molar-refractivity contribution >= 4 is 6.03 Å². The van der Waals surface area contributed by atoms with Crippen molar-refractivity contribution in [2.24, 2.45) is 5.92 Å². The molecule has 0 spiro atoms. The summed E-state index contributed by atoms with van der Waals surface area (Å²) in [6.45, 7) is 2.09. The van der Waals surface area contributed by atoms with Crippen molar-refractivity contribution in [3.63, 3.8) is 0 Å². The number of piperidine rings is 1. The van der Waals surface area contributed by atoms with Crippen molar-refractivity contribution in [3.05, 3.63) is 59.9 Å². The van der Waals surface area contributed by atoms with Gasteiger partial charge in [0.25, 0.3) is 0 Å². The normalized spacial score (nSPS) is 18.7. The Hall–Kier alpha value is -2.60. The summed E-state index contributed by atoms with van der Waals surface area (Å²) in [6.07, 6.45) is 6.59. The maximum absolute atomic E-state index is 12.5. The molecule has 0 bridgehead atoms. The van der Waals surface area contributed by atoms with E-state index < -0.39 is 5.60 Å². The van der Waals surface area contributed by atoms with E-state index in [1.807, 2.05) is 47.4 Å². The number of nitrogens with zero attached hydrogens (tertiary/aromatic N) is 2. The van der Waals surface area contributed by atoms with Gasteiger partial charge in [0.15, 0.2) is 0 Å². The lowest BCUT2D eigenvalue weighted by Crippen LogP contribution is -2.53. The summed E-state index contributed by atoms with van der Waals surface area (Å²) >= 11 is 0. The number of carbonyl (C=O) groups excluding carboxylic acids is 1. The summed E-state index contributed by atoms with van der Waals surface area (Å²) < 4.78 is 5.80. The highest BCUT2D eigenvalue weighted by atomic mass is 16.5. The van der Waals surface area contributed by atoms with Crippen LogP contribution in [0.15, 0.2) is 48.7 Å². The number of urea groups is 1. The van der Waals surface area contributed by atoms with Crippen LogP contribution in [0.3, 0.4) is 0 Å². The maximum Gasteiger partial charge on any atom is 0.317 e. The number of aliphatic hydroxyl groups is 1. The quantitative estimate of drug-likeness (QED) is 0.785.